The van der Waals surface area contributed by atoms with Crippen molar-refractivity contribution in [1.82, 2.24) is 18.8 Å². The Hall–Kier alpha value is -4.36. The SMILES string of the molecule is O=C(O)N1CC[C@@H](Nc2ncnc3c2cc(C#Cc2ccccc2)n3S(=O)(=O)c2ccccc2)C1. The van der Waals surface area contributed by atoms with E-state index in [-0.39, 0.29) is 22.3 Å². The fraction of sp³-hybridized carbons (Fsp3) is 0.160. The van der Waals surface area contributed by atoms with Gasteiger partial charge in [-0.3, -0.25) is 0 Å². The highest BCUT2D eigenvalue weighted by molar-refractivity contribution is 7.90. The summed E-state index contributed by atoms with van der Waals surface area (Å²) in [7, 11) is -4.01. The molecular weight excluding hydrogens is 466 g/mol. The Balaban J connectivity index is 1.63. The number of nitrogens with zero attached hydrogens (tertiary/aromatic N) is 4. The topological polar surface area (TPSA) is 117 Å². The number of amides is 1. The van der Waals surface area contributed by atoms with Crippen molar-refractivity contribution in [2.24, 2.45) is 0 Å². The molecule has 1 amide bonds. The molecule has 0 unspecified atom stereocenters. The molecule has 9 nitrogen and oxygen atoms in total. The third kappa shape index (κ3) is 4.41. The van der Waals surface area contributed by atoms with Gasteiger partial charge in [0, 0.05) is 24.7 Å². The van der Waals surface area contributed by atoms with E-state index in [2.05, 4.69) is 27.1 Å². The Morgan fingerprint density at radius 2 is 1.74 bits per heavy atom. The average molecular weight is 488 g/mol. The monoisotopic (exact) mass is 487 g/mol. The first-order valence-corrected chi connectivity index (χ1v) is 12.4. The first kappa shape index (κ1) is 22.4. The maximum atomic E-state index is 13.7. The van der Waals surface area contributed by atoms with Gasteiger partial charge in [-0.1, -0.05) is 42.3 Å². The first-order chi connectivity index (χ1) is 16.9. The normalized spacial score (nSPS) is 15.5. The molecule has 5 rings (SSSR count). The lowest BCUT2D eigenvalue weighted by atomic mass is 10.2. The number of carboxylic acid groups (broad SMARTS) is 1. The van der Waals surface area contributed by atoms with E-state index in [1.165, 1.54) is 23.4 Å². The smallest absolute Gasteiger partial charge is 0.407 e. The van der Waals surface area contributed by atoms with E-state index in [0.717, 1.165) is 9.54 Å². The second-order valence-electron chi connectivity index (χ2n) is 8.05. The Kier molecular flexibility index (Phi) is 5.84. The van der Waals surface area contributed by atoms with Gasteiger partial charge in [-0.2, -0.15) is 0 Å². The number of rotatable bonds is 4. The van der Waals surface area contributed by atoms with Crippen LogP contribution in [0.5, 0.6) is 0 Å². The van der Waals surface area contributed by atoms with Crippen molar-refractivity contribution in [3.05, 3.63) is 84.3 Å². The van der Waals surface area contributed by atoms with Gasteiger partial charge in [0.05, 0.1) is 10.3 Å². The van der Waals surface area contributed by atoms with Crippen molar-refractivity contribution in [1.29, 1.82) is 0 Å². The standard InChI is InChI=1S/C25H21N5O4S/c31-25(32)29-14-13-19(16-29)28-23-22-15-20(12-11-18-7-3-1-4-8-18)30(24(22)27-17-26-23)35(33,34)21-9-5-2-6-10-21/h1-10,15,17,19H,13-14,16H2,(H,31,32)(H,26,27,28)/t19-/m1/s1. The molecule has 10 heteroatoms. The molecule has 4 aromatic rings. The van der Waals surface area contributed by atoms with Gasteiger partial charge >= 0.3 is 6.09 Å². The van der Waals surface area contributed by atoms with Crippen LogP contribution in [0, 0.1) is 11.8 Å². The van der Waals surface area contributed by atoms with Crippen molar-refractivity contribution in [2.75, 3.05) is 18.4 Å². The van der Waals surface area contributed by atoms with Crippen LogP contribution >= 0.6 is 0 Å². The van der Waals surface area contributed by atoms with E-state index in [1.807, 2.05) is 30.3 Å². The predicted molar refractivity (Wildman–Crippen MR) is 131 cm³/mol. The maximum Gasteiger partial charge on any atom is 0.407 e. The number of anilines is 1. The largest absolute Gasteiger partial charge is 0.465 e. The van der Waals surface area contributed by atoms with E-state index in [9.17, 15) is 18.3 Å². The molecule has 1 aliphatic heterocycles. The molecule has 2 aromatic carbocycles. The highest BCUT2D eigenvalue weighted by atomic mass is 32.2. The second-order valence-corrected chi connectivity index (χ2v) is 9.83. The molecule has 0 saturated carbocycles. The van der Waals surface area contributed by atoms with Crippen LogP contribution in [-0.2, 0) is 10.0 Å². The number of hydrogen-bond donors (Lipinski definition) is 2. The van der Waals surface area contributed by atoms with Crippen LogP contribution < -0.4 is 5.32 Å². The van der Waals surface area contributed by atoms with Gasteiger partial charge in [0.1, 0.15) is 17.8 Å². The van der Waals surface area contributed by atoms with E-state index in [4.69, 9.17) is 0 Å². The fourth-order valence-corrected chi connectivity index (χ4v) is 5.48. The predicted octanol–water partition coefficient (Wildman–Crippen LogP) is 3.23. The number of carbonyl (C=O) groups is 1. The molecule has 0 bridgehead atoms. The molecule has 35 heavy (non-hydrogen) atoms. The lowest BCUT2D eigenvalue weighted by Crippen LogP contribution is -2.30. The highest BCUT2D eigenvalue weighted by Crippen LogP contribution is 2.29. The van der Waals surface area contributed by atoms with Gasteiger partial charge in [-0.25, -0.2) is 27.2 Å². The average Bonchev–Trinajstić information content (AvgIpc) is 3.50. The summed E-state index contributed by atoms with van der Waals surface area (Å²) in [6.45, 7) is 0.725. The van der Waals surface area contributed by atoms with Crippen LogP contribution in [0.25, 0.3) is 11.0 Å². The maximum absolute atomic E-state index is 13.7. The number of likely N-dealkylation sites (tertiary alicyclic amines) is 1. The summed E-state index contributed by atoms with van der Waals surface area (Å²) < 4.78 is 28.5. The van der Waals surface area contributed by atoms with Gasteiger partial charge in [0.25, 0.3) is 10.0 Å². The van der Waals surface area contributed by atoms with Crippen LogP contribution in [0.15, 0.2) is 78.0 Å². The van der Waals surface area contributed by atoms with E-state index in [1.54, 1.807) is 24.3 Å². The number of benzene rings is 2. The molecule has 176 valence electrons. The highest BCUT2D eigenvalue weighted by Gasteiger charge is 2.28. The molecule has 2 N–H and O–H groups in total. The lowest BCUT2D eigenvalue weighted by molar-refractivity contribution is 0.155. The second kappa shape index (κ2) is 9.12. The van der Waals surface area contributed by atoms with E-state index >= 15 is 0 Å². The zero-order valence-electron chi connectivity index (χ0n) is 18.5. The van der Waals surface area contributed by atoms with Crippen LogP contribution in [0.4, 0.5) is 10.6 Å². The summed E-state index contributed by atoms with van der Waals surface area (Å²) in [6.07, 6.45) is 0.933. The van der Waals surface area contributed by atoms with Crippen LogP contribution in [0.3, 0.4) is 0 Å². The summed E-state index contributed by atoms with van der Waals surface area (Å²) >= 11 is 0. The number of nitrogens with one attached hydrogen (secondary N) is 1. The summed E-state index contributed by atoms with van der Waals surface area (Å²) in [4.78, 5) is 21.3. The van der Waals surface area contributed by atoms with Crippen molar-refractivity contribution in [3.8, 4) is 11.8 Å². The molecule has 1 aliphatic rings. The third-order valence-corrected chi connectivity index (χ3v) is 7.46. The number of aromatic nitrogens is 3. The van der Waals surface area contributed by atoms with Gasteiger partial charge in [-0.05, 0) is 42.7 Å². The molecular formula is C25H21N5O4S. The molecule has 3 heterocycles. The zero-order valence-corrected chi connectivity index (χ0v) is 19.3. The Labute approximate surface area is 202 Å². The molecule has 2 aromatic heterocycles. The molecule has 1 atom stereocenters. The van der Waals surface area contributed by atoms with E-state index < -0.39 is 16.1 Å². The van der Waals surface area contributed by atoms with Gasteiger partial charge in [-0.15, -0.1) is 0 Å². The molecule has 0 aliphatic carbocycles. The molecule has 1 saturated heterocycles. The van der Waals surface area contributed by atoms with Gasteiger partial charge in [0.2, 0.25) is 0 Å². The minimum atomic E-state index is -4.01. The summed E-state index contributed by atoms with van der Waals surface area (Å²) in [5, 5.41) is 13.0. The van der Waals surface area contributed by atoms with Crippen molar-refractivity contribution < 1.29 is 18.3 Å². The van der Waals surface area contributed by atoms with Crippen LogP contribution in [-0.4, -0.2) is 57.6 Å². The quantitative estimate of drug-likeness (QED) is 0.425. The van der Waals surface area contributed by atoms with Crippen LogP contribution in [0.1, 0.15) is 17.7 Å². The summed E-state index contributed by atoms with van der Waals surface area (Å²) in [6, 6.07) is 18.9. The minimum absolute atomic E-state index is 0.112. The fourth-order valence-electron chi connectivity index (χ4n) is 4.04. The minimum Gasteiger partial charge on any atom is -0.465 e. The van der Waals surface area contributed by atoms with Crippen molar-refractivity contribution in [3.63, 3.8) is 0 Å². The Morgan fingerprint density at radius 1 is 1.03 bits per heavy atom. The molecule has 0 radical (unpaired) electrons. The van der Waals surface area contributed by atoms with E-state index in [0.29, 0.717) is 30.7 Å². The molecule has 1 fully saturated rings. The lowest BCUT2D eigenvalue weighted by Gasteiger charge is -2.15. The van der Waals surface area contributed by atoms with Crippen LogP contribution in [0.2, 0.25) is 0 Å². The zero-order chi connectivity index (χ0) is 24.4. The summed E-state index contributed by atoms with van der Waals surface area (Å²) in [5.74, 6) is 6.44. The molecule has 0 spiro atoms. The van der Waals surface area contributed by atoms with Gasteiger partial charge in [0.15, 0.2) is 5.65 Å². The van der Waals surface area contributed by atoms with Crippen molar-refractivity contribution in [2.45, 2.75) is 17.4 Å². The number of fused-ring (bicyclic) bond motifs is 1. The Morgan fingerprint density at radius 3 is 2.43 bits per heavy atom. The summed E-state index contributed by atoms with van der Waals surface area (Å²) in [5.41, 5.74) is 1.18. The number of hydrogen-bond acceptors (Lipinski definition) is 6. The first-order valence-electron chi connectivity index (χ1n) is 10.9. The van der Waals surface area contributed by atoms with Gasteiger partial charge < -0.3 is 15.3 Å². The third-order valence-electron chi connectivity index (χ3n) is 5.74. The van der Waals surface area contributed by atoms with Crippen molar-refractivity contribution >= 4 is 33.0 Å². The Bertz CT molecular complexity index is 1560.